The van der Waals surface area contributed by atoms with Gasteiger partial charge in [0.2, 0.25) is 0 Å². The van der Waals surface area contributed by atoms with Crippen LogP contribution in [0.1, 0.15) is 48.1 Å². The molecule has 1 aliphatic rings. The lowest BCUT2D eigenvalue weighted by Crippen LogP contribution is -2.30. The molecule has 0 radical (unpaired) electrons. The van der Waals surface area contributed by atoms with Gasteiger partial charge in [0.1, 0.15) is 0 Å². The predicted octanol–water partition coefficient (Wildman–Crippen LogP) is 6.52. The van der Waals surface area contributed by atoms with Crippen molar-refractivity contribution in [2.45, 2.75) is 32.4 Å². The normalized spacial score (nSPS) is 16.6. The summed E-state index contributed by atoms with van der Waals surface area (Å²) in [4.78, 5) is 14.8. The molecule has 0 bridgehead atoms. The summed E-state index contributed by atoms with van der Waals surface area (Å²) in [5, 5.41) is 11.5. The van der Waals surface area contributed by atoms with Crippen LogP contribution in [0.15, 0.2) is 84.6 Å². The monoisotopic (exact) mass is 417 g/mol. The molecule has 3 nitrogen and oxygen atoms in total. The molecule has 4 heteroatoms. The van der Waals surface area contributed by atoms with E-state index in [-0.39, 0.29) is 11.7 Å². The van der Waals surface area contributed by atoms with Crippen molar-refractivity contribution in [3.63, 3.8) is 0 Å². The van der Waals surface area contributed by atoms with E-state index in [0.29, 0.717) is 23.1 Å². The second-order valence-corrected chi connectivity index (χ2v) is 8.28. The first-order valence-electron chi connectivity index (χ1n) is 10.1. The molecular formula is C26H24ClNO2. The highest BCUT2D eigenvalue weighted by atomic mass is 35.5. The maximum atomic E-state index is 13.1. The SMILES string of the molecule is CC(C)c1ccc([C@@H]2C(c3ccccc3)=C(O)C(=O)N2Cc2ccccc2Cl)cc1. The van der Waals surface area contributed by atoms with E-state index < -0.39 is 6.04 Å². The molecule has 152 valence electrons. The van der Waals surface area contributed by atoms with E-state index in [0.717, 1.165) is 16.7 Å². The zero-order valence-electron chi connectivity index (χ0n) is 17.0. The molecular weight excluding hydrogens is 394 g/mol. The number of amides is 1. The van der Waals surface area contributed by atoms with E-state index >= 15 is 0 Å². The van der Waals surface area contributed by atoms with Gasteiger partial charge in [-0.15, -0.1) is 0 Å². The van der Waals surface area contributed by atoms with Crippen LogP contribution in [0.5, 0.6) is 0 Å². The third-order valence-corrected chi connectivity index (χ3v) is 5.97. The Bertz CT molecular complexity index is 1090. The van der Waals surface area contributed by atoms with E-state index in [1.165, 1.54) is 5.56 Å². The summed E-state index contributed by atoms with van der Waals surface area (Å²) in [5.74, 6) is -0.168. The molecule has 1 aliphatic heterocycles. The van der Waals surface area contributed by atoms with E-state index in [1.54, 1.807) is 4.90 Å². The summed E-state index contributed by atoms with van der Waals surface area (Å²) in [6.07, 6.45) is 0. The third-order valence-electron chi connectivity index (χ3n) is 5.61. The number of benzene rings is 3. The largest absolute Gasteiger partial charge is 0.503 e. The maximum Gasteiger partial charge on any atom is 0.290 e. The Morgan fingerprint density at radius 3 is 2.20 bits per heavy atom. The number of hydrogen-bond donors (Lipinski definition) is 1. The van der Waals surface area contributed by atoms with Crippen molar-refractivity contribution in [1.82, 2.24) is 4.90 Å². The molecule has 1 heterocycles. The number of aliphatic hydroxyl groups excluding tert-OH is 1. The number of halogens is 1. The fourth-order valence-electron chi connectivity index (χ4n) is 3.95. The number of carbonyl (C=O) groups is 1. The summed E-state index contributed by atoms with van der Waals surface area (Å²) in [6, 6.07) is 25.0. The molecule has 4 rings (SSSR count). The summed E-state index contributed by atoms with van der Waals surface area (Å²) >= 11 is 6.38. The lowest BCUT2D eigenvalue weighted by molar-refractivity contribution is -0.130. The van der Waals surface area contributed by atoms with Crippen molar-refractivity contribution in [3.8, 4) is 0 Å². The number of aliphatic hydroxyl groups is 1. The van der Waals surface area contributed by atoms with Gasteiger partial charge < -0.3 is 10.0 Å². The lowest BCUT2D eigenvalue weighted by atomic mass is 9.91. The smallest absolute Gasteiger partial charge is 0.290 e. The molecule has 1 N–H and O–H groups in total. The number of nitrogens with zero attached hydrogens (tertiary/aromatic N) is 1. The first-order chi connectivity index (χ1) is 14.5. The first-order valence-corrected chi connectivity index (χ1v) is 10.5. The standard InChI is InChI=1S/C26H24ClNO2/c1-17(2)18-12-14-20(15-13-18)24-23(19-8-4-3-5-9-19)25(29)26(30)28(24)16-21-10-6-7-11-22(21)27/h3-15,17,24,29H,16H2,1-2H3/t24-/m1/s1. The van der Waals surface area contributed by atoms with Crippen LogP contribution in [0.3, 0.4) is 0 Å². The minimum Gasteiger partial charge on any atom is -0.503 e. The Balaban J connectivity index is 1.81. The van der Waals surface area contributed by atoms with Gasteiger partial charge in [0, 0.05) is 17.1 Å². The second-order valence-electron chi connectivity index (χ2n) is 7.88. The van der Waals surface area contributed by atoms with Gasteiger partial charge in [-0.2, -0.15) is 0 Å². The maximum absolute atomic E-state index is 13.1. The van der Waals surface area contributed by atoms with Crippen LogP contribution in [0.4, 0.5) is 0 Å². The zero-order valence-corrected chi connectivity index (χ0v) is 17.8. The van der Waals surface area contributed by atoms with Gasteiger partial charge in [-0.1, -0.05) is 98.2 Å². The highest BCUT2D eigenvalue weighted by Crippen LogP contribution is 2.44. The van der Waals surface area contributed by atoms with Gasteiger partial charge in [0.25, 0.3) is 5.91 Å². The van der Waals surface area contributed by atoms with Crippen LogP contribution in [0.25, 0.3) is 5.57 Å². The summed E-state index contributed by atoms with van der Waals surface area (Å²) in [6.45, 7) is 4.62. The Kier molecular flexibility index (Phi) is 5.65. The minimum absolute atomic E-state index is 0.203. The lowest BCUT2D eigenvalue weighted by Gasteiger charge is -2.28. The van der Waals surface area contributed by atoms with Gasteiger partial charge in [-0.3, -0.25) is 4.79 Å². The van der Waals surface area contributed by atoms with Crippen LogP contribution in [0.2, 0.25) is 5.02 Å². The van der Waals surface area contributed by atoms with Crippen LogP contribution in [-0.4, -0.2) is 15.9 Å². The van der Waals surface area contributed by atoms with Crippen molar-refractivity contribution in [1.29, 1.82) is 0 Å². The molecule has 3 aromatic carbocycles. The van der Waals surface area contributed by atoms with Gasteiger partial charge >= 0.3 is 0 Å². The molecule has 0 spiro atoms. The van der Waals surface area contributed by atoms with Crippen LogP contribution < -0.4 is 0 Å². The average Bonchev–Trinajstić information content (AvgIpc) is 3.01. The van der Waals surface area contributed by atoms with E-state index in [9.17, 15) is 9.90 Å². The van der Waals surface area contributed by atoms with E-state index in [4.69, 9.17) is 11.6 Å². The number of hydrogen-bond acceptors (Lipinski definition) is 2. The van der Waals surface area contributed by atoms with Crippen molar-refractivity contribution in [2.24, 2.45) is 0 Å². The van der Waals surface area contributed by atoms with Crippen molar-refractivity contribution in [2.75, 3.05) is 0 Å². The molecule has 0 saturated heterocycles. The number of rotatable bonds is 5. The van der Waals surface area contributed by atoms with E-state index in [2.05, 4.69) is 38.1 Å². The molecule has 0 fully saturated rings. The fourth-order valence-corrected chi connectivity index (χ4v) is 4.14. The van der Waals surface area contributed by atoms with Crippen molar-refractivity contribution in [3.05, 3.63) is 112 Å². The molecule has 0 saturated carbocycles. The Labute approximate surface area is 182 Å². The molecule has 0 unspecified atom stereocenters. The molecule has 1 atom stereocenters. The topological polar surface area (TPSA) is 40.5 Å². The van der Waals surface area contributed by atoms with Crippen molar-refractivity contribution < 1.29 is 9.90 Å². The predicted molar refractivity (Wildman–Crippen MR) is 121 cm³/mol. The Morgan fingerprint density at radius 2 is 1.57 bits per heavy atom. The minimum atomic E-state index is -0.391. The second kappa shape index (κ2) is 8.37. The first kappa shape index (κ1) is 20.2. The summed E-state index contributed by atoms with van der Waals surface area (Å²) < 4.78 is 0. The average molecular weight is 418 g/mol. The van der Waals surface area contributed by atoms with Crippen molar-refractivity contribution >= 4 is 23.1 Å². The Morgan fingerprint density at radius 1 is 0.933 bits per heavy atom. The quantitative estimate of drug-likeness (QED) is 0.513. The van der Waals surface area contributed by atoms with E-state index in [1.807, 2.05) is 54.6 Å². The fraction of sp³-hybridized carbons (Fsp3) is 0.192. The highest BCUT2D eigenvalue weighted by Gasteiger charge is 2.41. The van der Waals surface area contributed by atoms with Gasteiger partial charge in [-0.05, 0) is 34.2 Å². The highest BCUT2D eigenvalue weighted by molar-refractivity contribution is 6.31. The van der Waals surface area contributed by atoms with Gasteiger partial charge in [-0.25, -0.2) is 0 Å². The van der Waals surface area contributed by atoms with Crippen LogP contribution in [0, 0.1) is 0 Å². The van der Waals surface area contributed by atoms with Crippen LogP contribution >= 0.6 is 11.6 Å². The molecule has 30 heavy (non-hydrogen) atoms. The molecule has 0 aliphatic carbocycles. The number of carbonyl (C=O) groups excluding carboxylic acids is 1. The molecule has 3 aromatic rings. The van der Waals surface area contributed by atoms with Gasteiger partial charge in [0.05, 0.1) is 6.04 Å². The summed E-state index contributed by atoms with van der Waals surface area (Å²) in [7, 11) is 0. The Hall–Kier alpha value is -3.04. The zero-order chi connectivity index (χ0) is 21.3. The van der Waals surface area contributed by atoms with Gasteiger partial charge in [0.15, 0.2) is 5.76 Å². The molecule has 0 aromatic heterocycles. The van der Waals surface area contributed by atoms with Crippen LogP contribution in [-0.2, 0) is 11.3 Å². The summed E-state index contributed by atoms with van der Waals surface area (Å²) in [5.41, 5.74) is 4.50. The molecule has 1 amide bonds. The third kappa shape index (κ3) is 3.73.